The van der Waals surface area contributed by atoms with E-state index in [1.807, 2.05) is 6.92 Å². The maximum Gasteiger partial charge on any atom is 0.338 e. The Bertz CT molecular complexity index is 885. The number of rotatable bonds is 7. The van der Waals surface area contributed by atoms with Crippen molar-refractivity contribution in [2.45, 2.75) is 38.8 Å². The van der Waals surface area contributed by atoms with Crippen molar-refractivity contribution >= 4 is 33.1 Å². The minimum atomic E-state index is -3.18. The number of hydrogen-bond donors (Lipinski definition) is 1. The Balaban J connectivity index is 2.09. The summed E-state index contributed by atoms with van der Waals surface area (Å²) in [6, 6.07) is 2.79. The first kappa shape index (κ1) is 21.6. The molecule has 1 saturated heterocycles. The highest BCUT2D eigenvalue weighted by Gasteiger charge is 2.36. The van der Waals surface area contributed by atoms with Gasteiger partial charge < -0.3 is 15.4 Å². The highest BCUT2D eigenvalue weighted by molar-refractivity contribution is 7.91. The van der Waals surface area contributed by atoms with Gasteiger partial charge in [-0.2, -0.15) is 0 Å². The zero-order chi connectivity index (χ0) is 21.1. The van der Waals surface area contributed by atoms with E-state index in [-0.39, 0.29) is 28.8 Å². The van der Waals surface area contributed by atoms with E-state index in [0.717, 1.165) is 6.07 Å². The summed E-state index contributed by atoms with van der Waals surface area (Å²) in [5.41, 5.74) is 4.86. The molecule has 1 aliphatic heterocycles. The van der Waals surface area contributed by atoms with Crippen LogP contribution in [0.2, 0.25) is 0 Å². The Hall–Kier alpha value is -2.69. The van der Waals surface area contributed by atoms with Crippen molar-refractivity contribution in [3.63, 3.8) is 0 Å². The van der Waals surface area contributed by atoms with Crippen LogP contribution in [-0.2, 0) is 19.4 Å². The molecule has 1 aliphatic rings. The number of esters is 1. The van der Waals surface area contributed by atoms with E-state index < -0.39 is 45.0 Å². The summed E-state index contributed by atoms with van der Waals surface area (Å²) < 4.78 is 28.5. The van der Waals surface area contributed by atoms with Crippen LogP contribution in [0.4, 0.5) is 11.4 Å². The summed E-state index contributed by atoms with van der Waals surface area (Å²) in [4.78, 5) is 36.5. The number of nitrogens with two attached hydrogens (primary N) is 1. The van der Waals surface area contributed by atoms with Crippen LogP contribution in [0.3, 0.4) is 0 Å². The Morgan fingerprint density at radius 2 is 2.11 bits per heavy atom. The molecule has 11 heteroatoms. The molecule has 2 N–H and O–H groups in total. The van der Waals surface area contributed by atoms with Gasteiger partial charge in [-0.3, -0.25) is 14.9 Å². The first-order chi connectivity index (χ1) is 13.1. The molecule has 2 rings (SSSR count). The smallest absolute Gasteiger partial charge is 0.338 e. The third kappa shape index (κ3) is 4.97. The van der Waals surface area contributed by atoms with Crippen LogP contribution in [0.25, 0.3) is 0 Å². The molecule has 2 atom stereocenters. The Morgan fingerprint density at radius 1 is 1.43 bits per heavy atom. The number of nitro benzene ring substituents is 1. The van der Waals surface area contributed by atoms with Crippen LogP contribution in [-0.4, -0.2) is 60.3 Å². The van der Waals surface area contributed by atoms with Crippen molar-refractivity contribution in [2.75, 3.05) is 23.8 Å². The average molecular weight is 413 g/mol. The van der Waals surface area contributed by atoms with Gasteiger partial charge in [-0.05, 0) is 31.9 Å². The number of benzene rings is 1. The van der Waals surface area contributed by atoms with Gasteiger partial charge in [0.2, 0.25) is 0 Å². The first-order valence-corrected chi connectivity index (χ1v) is 10.6. The normalized spacial score (nSPS) is 19.0. The van der Waals surface area contributed by atoms with Crippen molar-refractivity contribution in [1.82, 2.24) is 4.90 Å². The Morgan fingerprint density at radius 3 is 2.64 bits per heavy atom. The van der Waals surface area contributed by atoms with Gasteiger partial charge in [0, 0.05) is 18.2 Å². The molecule has 2 unspecified atom stereocenters. The number of amides is 1. The fraction of sp³-hybridized carbons (Fsp3) is 0.529. The minimum absolute atomic E-state index is 0.0206. The van der Waals surface area contributed by atoms with Gasteiger partial charge in [-0.25, -0.2) is 13.2 Å². The van der Waals surface area contributed by atoms with Crippen LogP contribution in [0.1, 0.15) is 37.0 Å². The molecular formula is C17H23N3O7S. The fourth-order valence-electron chi connectivity index (χ4n) is 3.11. The molecule has 0 bridgehead atoms. The number of hydrogen-bond acceptors (Lipinski definition) is 8. The van der Waals surface area contributed by atoms with Crippen molar-refractivity contribution in [2.24, 2.45) is 0 Å². The highest BCUT2D eigenvalue weighted by Crippen LogP contribution is 2.24. The molecule has 0 aliphatic carbocycles. The zero-order valence-electron chi connectivity index (χ0n) is 15.7. The fourth-order valence-corrected chi connectivity index (χ4v) is 4.83. The summed E-state index contributed by atoms with van der Waals surface area (Å²) in [6.45, 7) is 3.08. The molecule has 0 aromatic heterocycles. The third-order valence-corrected chi connectivity index (χ3v) is 6.50. The Labute approximate surface area is 162 Å². The lowest BCUT2D eigenvalue weighted by atomic mass is 10.1. The minimum Gasteiger partial charge on any atom is -0.452 e. The van der Waals surface area contributed by atoms with E-state index in [4.69, 9.17) is 10.5 Å². The standard InChI is InChI=1S/C17H23N3O7S/c1-3-11(2)19(13-6-7-28(25,26)10-13)16(21)9-27-17(22)12-4-5-14(18)15(8-12)20(23)24/h4-5,8,11,13H,3,6-7,9-10,18H2,1-2H3. The predicted octanol–water partition coefficient (Wildman–Crippen LogP) is 1.15. The van der Waals surface area contributed by atoms with Gasteiger partial charge in [0.05, 0.1) is 22.0 Å². The van der Waals surface area contributed by atoms with Crippen LogP contribution < -0.4 is 5.73 Å². The summed E-state index contributed by atoms with van der Waals surface area (Å²) in [6.07, 6.45) is 0.955. The first-order valence-electron chi connectivity index (χ1n) is 8.78. The molecule has 1 aromatic carbocycles. The molecule has 1 heterocycles. The van der Waals surface area contributed by atoms with E-state index in [1.54, 1.807) is 6.92 Å². The van der Waals surface area contributed by atoms with E-state index in [1.165, 1.54) is 17.0 Å². The summed E-state index contributed by atoms with van der Waals surface area (Å²) >= 11 is 0. The molecule has 1 fully saturated rings. The zero-order valence-corrected chi connectivity index (χ0v) is 16.5. The number of nitrogen functional groups attached to an aromatic ring is 1. The lowest BCUT2D eigenvalue weighted by molar-refractivity contribution is -0.383. The molecule has 28 heavy (non-hydrogen) atoms. The largest absolute Gasteiger partial charge is 0.452 e. The topological polar surface area (TPSA) is 150 Å². The monoisotopic (exact) mass is 413 g/mol. The van der Waals surface area contributed by atoms with Gasteiger partial charge in [-0.1, -0.05) is 6.92 Å². The van der Waals surface area contributed by atoms with Gasteiger partial charge in [0.25, 0.3) is 11.6 Å². The van der Waals surface area contributed by atoms with Crippen LogP contribution >= 0.6 is 0 Å². The van der Waals surface area contributed by atoms with Gasteiger partial charge in [-0.15, -0.1) is 0 Å². The van der Waals surface area contributed by atoms with Gasteiger partial charge >= 0.3 is 5.97 Å². The van der Waals surface area contributed by atoms with Crippen molar-refractivity contribution in [1.29, 1.82) is 0 Å². The lowest BCUT2D eigenvalue weighted by Gasteiger charge is -2.33. The molecule has 0 saturated carbocycles. The molecule has 1 amide bonds. The van der Waals surface area contributed by atoms with Crippen LogP contribution in [0.15, 0.2) is 18.2 Å². The van der Waals surface area contributed by atoms with E-state index in [0.29, 0.717) is 12.8 Å². The SMILES string of the molecule is CCC(C)N(C(=O)COC(=O)c1ccc(N)c([N+](=O)[O-])c1)C1CCS(=O)(=O)C1. The number of carbonyl (C=O) groups excluding carboxylic acids is 2. The Kier molecular flexibility index (Phi) is 6.60. The average Bonchev–Trinajstić information content (AvgIpc) is 2.99. The second-order valence-electron chi connectivity index (χ2n) is 6.72. The maximum absolute atomic E-state index is 12.6. The maximum atomic E-state index is 12.6. The van der Waals surface area contributed by atoms with Gasteiger partial charge in [0.15, 0.2) is 16.4 Å². The van der Waals surface area contributed by atoms with Crippen LogP contribution in [0.5, 0.6) is 0 Å². The van der Waals surface area contributed by atoms with Crippen molar-refractivity contribution < 1.29 is 27.7 Å². The summed E-state index contributed by atoms with van der Waals surface area (Å²) in [7, 11) is -3.18. The van der Waals surface area contributed by atoms with E-state index in [9.17, 15) is 28.1 Å². The predicted molar refractivity (Wildman–Crippen MR) is 101 cm³/mol. The third-order valence-electron chi connectivity index (χ3n) is 4.75. The number of ether oxygens (including phenoxy) is 1. The second-order valence-corrected chi connectivity index (χ2v) is 8.95. The summed E-state index contributed by atoms with van der Waals surface area (Å²) in [5, 5.41) is 10.9. The number of carbonyl (C=O) groups is 2. The highest BCUT2D eigenvalue weighted by atomic mass is 32.2. The number of nitrogens with zero attached hydrogens (tertiary/aromatic N) is 2. The molecule has 0 spiro atoms. The molecule has 154 valence electrons. The lowest BCUT2D eigenvalue weighted by Crippen LogP contribution is -2.48. The molecular weight excluding hydrogens is 390 g/mol. The quantitative estimate of drug-likeness (QED) is 0.303. The number of anilines is 1. The number of sulfone groups is 1. The van der Waals surface area contributed by atoms with E-state index in [2.05, 4.69) is 0 Å². The molecule has 1 aromatic rings. The summed E-state index contributed by atoms with van der Waals surface area (Å²) in [5.74, 6) is -1.50. The second kappa shape index (κ2) is 8.55. The molecule has 0 radical (unpaired) electrons. The molecule has 10 nitrogen and oxygen atoms in total. The van der Waals surface area contributed by atoms with Gasteiger partial charge in [0.1, 0.15) is 5.69 Å². The van der Waals surface area contributed by atoms with Crippen molar-refractivity contribution in [3.8, 4) is 0 Å². The van der Waals surface area contributed by atoms with E-state index >= 15 is 0 Å². The number of nitro groups is 1. The van der Waals surface area contributed by atoms with Crippen molar-refractivity contribution in [3.05, 3.63) is 33.9 Å². The van der Waals surface area contributed by atoms with Crippen LogP contribution in [0, 0.1) is 10.1 Å².